The molecule has 1 aromatic carbocycles. The normalized spacial score (nSPS) is 21.6. The second-order valence-corrected chi connectivity index (χ2v) is 10.8. The summed E-state index contributed by atoms with van der Waals surface area (Å²) in [5, 5.41) is 17.8. The van der Waals surface area contributed by atoms with Crippen molar-refractivity contribution in [2.45, 2.75) is 56.9 Å². The Kier molecular flexibility index (Phi) is 8.74. The number of likely N-dealkylation sites (N-methyl/N-ethyl adjacent to an activating group) is 1. The van der Waals surface area contributed by atoms with Gasteiger partial charge in [-0.05, 0) is 31.5 Å². The molecule has 0 radical (unpaired) electrons. The number of nitrogens with zero attached hydrogens (tertiary/aromatic N) is 5. The average molecular weight is 498 g/mol. The quantitative estimate of drug-likeness (QED) is 0.638. The Morgan fingerprint density at radius 2 is 2.15 bits per heavy atom. The van der Waals surface area contributed by atoms with Crippen molar-refractivity contribution < 1.29 is 27.4 Å². The maximum atomic E-state index is 13.6. The van der Waals surface area contributed by atoms with E-state index in [0.717, 1.165) is 10.4 Å². The number of rotatable bonds is 6. The van der Waals surface area contributed by atoms with Crippen molar-refractivity contribution in [1.82, 2.24) is 24.2 Å². The molecule has 2 heterocycles. The molecule has 0 saturated carbocycles. The van der Waals surface area contributed by atoms with Crippen LogP contribution in [-0.4, -0.2) is 82.5 Å². The molecule has 0 unspecified atom stereocenters. The second kappa shape index (κ2) is 11.3. The highest BCUT2D eigenvalue weighted by atomic mass is 32.2. The Morgan fingerprint density at radius 1 is 1.38 bits per heavy atom. The van der Waals surface area contributed by atoms with Crippen LogP contribution in [0.3, 0.4) is 0 Å². The zero-order chi connectivity index (χ0) is 24.9. The largest absolute Gasteiger partial charge is 0.394 e. The van der Waals surface area contributed by atoms with E-state index in [9.17, 15) is 22.7 Å². The number of hydrogen-bond acceptors (Lipinski definition) is 7. The number of aliphatic hydroxyl groups is 1. The number of carbonyl (C=O) groups is 1. The van der Waals surface area contributed by atoms with Crippen LogP contribution >= 0.6 is 0 Å². The van der Waals surface area contributed by atoms with E-state index in [1.807, 2.05) is 6.92 Å². The van der Waals surface area contributed by atoms with E-state index in [1.165, 1.54) is 25.2 Å². The monoisotopic (exact) mass is 497 g/mol. The van der Waals surface area contributed by atoms with Crippen molar-refractivity contribution >= 4 is 15.9 Å². The van der Waals surface area contributed by atoms with Crippen molar-refractivity contribution in [1.29, 1.82) is 0 Å². The van der Waals surface area contributed by atoms with Gasteiger partial charge in [-0.15, -0.1) is 5.10 Å². The predicted molar refractivity (Wildman–Crippen MR) is 121 cm³/mol. The van der Waals surface area contributed by atoms with Crippen LogP contribution in [0.2, 0.25) is 0 Å². The number of fused-ring (bicyclic) bond motifs is 2. The summed E-state index contributed by atoms with van der Waals surface area (Å²) in [7, 11) is -2.56. The molecule has 1 amide bonds. The fourth-order valence-corrected chi connectivity index (χ4v) is 5.07. The number of carbonyl (C=O) groups excluding carboxylic acids is 1. The molecule has 188 valence electrons. The van der Waals surface area contributed by atoms with E-state index in [1.54, 1.807) is 22.7 Å². The van der Waals surface area contributed by atoms with Crippen LogP contribution in [0.5, 0.6) is 0 Å². The van der Waals surface area contributed by atoms with Crippen molar-refractivity contribution in [3.8, 4) is 0 Å². The summed E-state index contributed by atoms with van der Waals surface area (Å²) < 4.78 is 48.6. The molecule has 0 fully saturated rings. The molecule has 10 nitrogen and oxygen atoms in total. The summed E-state index contributed by atoms with van der Waals surface area (Å²) in [4.78, 5) is 14.4. The molecule has 0 aliphatic carbocycles. The first kappa shape index (κ1) is 26.2. The number of halogens is 1. The lowest BCUT2D eigenvalue weighted by atomic mass is 10.0. The highest BCUT2D eigenvalue weighted by Crippen LogP contribution is 2.21. The van der Waals surface area contributed by atoms with Gasteiger partial charge >= 0.3 is 0 Å². The molecule has 1 N–H and O–H groups in total. The lowest BCUT2D eigenvalue weighted by molar-refractivity contribution is -0.136. The van der Waals surface area contributed by atoms with Crippen LogP contribution in [-0.2, 0) is 32.7 Å². The van der Waals surface area contributed by atoms with Gasteiger partial charge in [-0.3, -0.25) is 9.48 Å². The Morgan fingerprint density at radius 3 is 2.85 bits per heavy atom. The van der Waals surface area contributed by atoms with Crippen LogP contribution in [0.4, 0.5) is 4.39 Å². The van der Waals surface area contributed by atoms with Crippen molar-refractivity contribution in [2.75, 3.05) is 26.7 Å². The molecule has 34 heavy (non-hydrogen) atoms. The number of hydrogen-bond donors (Lipinski definition) is 1. The average Bonchev–Trinajstić information content (AvgIpc) is 3.26. The van der Waals surface area contributed by atoms with Crippen LogP contribution < -0.4 is 0 Å². The van der Waals surface area contributed by atoms with E-state index in [0.29, 0.717) is 18.7 Å². The topological polar surface area (TPSA) is 118 Å². The number of aromatic nitrogens is 3. The SMILES string of the molecule is C[C@@H]1CN([C@@H](C)CO)C(=O)CCCn2cc(nn2)CO[C@H]1CN(C)S(=O)(=O)c1cccc(F)c1. The van der Waals surface area contributed by atoms with Gasteiger partial charge in [-0.2, -0.15) is 4.31 Å². The third-order valence-corrected chi connectivity index (χ3v) is 7.81. The summed E-state index contributed by atoms with van der Waals surface area (Å²) in [6, 6.07) is 4.44. The second-order valence-electron chi connectivity index (χ2n) is 8.72. The van der Waals surface area contributed by atoms with Gasteiger partial charge in [0.15, 0.2) is 0 Å². The van der Waals surface area contributed by atoms with Gasteiger partial charge in [0.1, 0.15) is 11.5 Å². The fourth-order valence-electron chi connectivity index (χ4n) is 3.85. The third-order valence-electron chi connectivity index (χ3n) is 5.99. The molecule has 2 aromatic rings. The maximum Gasteiger partial charge on any atom is 0.243 e. The molecular formula is C22H32FN5O5S. The number of ether oxygens (including phenoxy) is 1. The molecule has 12 heteroatoms. The molecule has 2 bridgehead atoms. The van der Waals surface area contributed by atoms with Crippen molar-refractivity contribution in [3.63, 3.8) is 0 Å². The van der Waals surface area contributed by atoms with Crippen LogP contribution in [0.15, 0.2) is 35.4 Å². The lowest BCUT2D eigenvalue weighted by Gasteiger charge is -2.35. The van der Waals surface area contributed by atoms with E-state index in [4.69, 9.17) is 4.74 Å². The molecule has 1 aromatic heterocycles. The smallest absolute Gasteiger partial charge is 0.243 e. The van der Waals surface area contributed by atoms with Gasteiger partial charge in [-0.25, -0.2) is 12.8 Å². The summed E-state index contributed by atoms with van der Waals surface area (Å²) in [5.41, 5.74) is 0.596. The molecule has 1 aliphatic heterocycles. The minimum absolute atomic E-state index is 0.0241. The molecule has 0 saturated heterocycles. The first-order valence-electron chi connectivity index (χ1n) is 11.2. The minimum Gasteiger partial charge on any atom is -0.394 e. The summed E-state index contributed by atoms with van der Waals surface area (Å²) >= 11 is 0. The fraction of sp³-hybridized carbons (Fsp3) is 0.591. The number of sulfonamides is 1. The summed E-state index contributed by atoms with van der Waals surface area (Å²) in [5.74, 6) is -1.03. The molecular weight excluding hydrogens is 465 g/mol. The standard InChI is InChI=1S/C22H32FN5O5S/c1-16-11-28(17(2)14-29)22(30)8-5-9-27-12-19(24-25-27)15-33-21(16)13-26(3)34(31,32)20-7-4-6-18(23)10-20/h4,6-7,10,12,16-17,21,29H,5,8-9,11,13-15H2,1-3H3/t16-,17+,21+/m1/s1. The number of aliphatic hydroxyl groups excluding tert-OH is 1. The molecule has 3 rings (SSSR count). The predicted octanol–water partition coefficient (Wildman–Crippen LogP) is 1.26. The van der Waals surface area contributed by atoms with E-state index < -0.39 is 28.0 Å². The number of benzene rings is 1. The lowest BCUT2D eigenvalue weighted by Crippen LogP contribution is -2.47. The molecule has 3 atom stereocenters. The zero-order valence-electron chi connectivity index (χ0n) is 19.7. The van der Waals surface area contributed by atoms with Crippen molar-refractivity contribution in [3.05, 3.63) is 42.0 Å². The highest BCUT2D eigenvalue weighted by molar-refractivity contribution is 7.89. The van der Waals surface area contributed by atoms with E-state index in [2.05, 4.69) is 10.3 Å². The Hall–Kier alpha value is -2.41. The third kappa shape index (κ3) is 6.38. The first-order chi connectivity index (χ1) is 16.1. The summed E-state index contributed by atoms with van der Waals surface area (Å²) in [6.07, 6.45) is 1.99. The van der Waals surface area contributed by atoms with E-state index in [-0.39, 0.29) is 49.4 Å². The van der Waals surface area contributed by atoms with Crippen LogP contribution in [0.25, 0.3) is 0 Å². The van der Waals surface area contributed by atoms with Gasteiger partial charge < -0.3 is 14.7 Å². The van der Waals surface area contributed by atoms with Gasteiger partial charge in [0.05, 0.1) is 36.5 Å². The van der Waals surface area contributed by atoms with Gasteiger partial charge in [-0.1, -0.05) is 18.2 Å². The number of aryl methyl sites for hydroxylation is 1. The molecule has 0 spiro atoms. The maximum absolute atomic E-state index is 13.6. The van der Waals surface area contributed by atoms with Gasteiger partial charge in [0.25, 0.3) is 0 Å². The molecule has 1 aliphatic rings. The van der Waals surface area contributed by atoms with E-state index >= 15 is 0 Å². The van der Waals surface area contributed by atoms with Gasteiger partial charge in [0.2, 0.25) is 15.9 Å². The zero-order valence-corrected chi connectivity index (χ0v) is 20.5. The van der Waals surface area contributed by atoms with Crippen LogP contribution in [0.1, 0.15) is 32.4 Å². The van der Waals surface area contributed by atoms with Crippen molar-refractivity contribution in [2.24, 2.45) is 5.92 Å². The summed E-state index contributed by atoms with van der Waals surface area (Å²) in [6.45, 7) is 4.34. The minimum atomic E-state index is -3.97. The highest BCUT2D eigenvalue weighted by Gasteiger charge is 2.31. The first-order valence-corrected chi connectivity index (χ1v) is 12.7. The van der Waals surface area contributed by atoms with Crippen LogP contribution in [0, 0.1) is 11.7 Å². The Balaban J connectivity index is 1.86. The Bertz CT molecular complexity index is 1080. The van der Waals surface area contributed by atoms with Gasteiger partial charge in [0, 0.05) is 39.0 Å². The Labute approximate surface area is 199 Å². The number of amides is 1.